The third-order valence-corrected chi connectivity index (χ3v) is 11.4. The molecule has 0 spiro atoms. The fourth-order valence-electron chi connectivity index (χ4n) is 4.76. The van der Waals surface area contributed by atoms with E-state index in [0.29, 0.717) is 29.9 Å². The predicted octanol–water partition coefficient (Wildman–Crippen LogP) is 8.00. The summed E-state index contributed by atoms with van der Waals surface area (Å²) in [5.41, 5.74) is 6.84. The van der Waals surface area contributed by atoms with Crippen molar-refractivity contribution in [2.75, 3.05) is 42.7 Å². The molecule has 1 unspecified atom stereocenters. The van der Waals surface area contributed by atoms with Crippen LogP contribution in [-0.2, 0) is 20.4 Å². The summed E-state index contributed by atoms with van der Waals surface area (Å²) in [4.78, 5) is 21.5. The molecule has 2 aromatic heterocycles. The molecule has 9 nitrogen and oxygen atoms in total. The monoisotopic (exact) mass is 739 g/mol. The summed E-state index contributed by atoms with van der Waals surface area (Å²) in [7, 11) is -6.41. The maximum atomic E-state index is 14.2. The molecule has 0 amide bonds. The van der Waals surface area contributed by atoms with Crippen LogP contribution in [0.15, 0.2) is 17.6 Å². The van der Waals surface area contributed by atoms with E-state index in [-0.39, 0.29) is 12.4 Å². The normalized spacial score (nSPS) is 14.1. The lowest BCUT2D eigenvalue weighted by Crippen LogP contribution is -2.17. The lowest BCUT2D eigenvalue weighted by molar-refractivity contribution is 0.0724. The number of rotatable bonds is 20. The molecule has 3 N–H and O–H groups in total. The summed E-state index contributed by atoms with van der Waals surface area (Å²) in [5.74, 6) is -5.00. The number of ether oxygens (including phenoxy) is 1. The highest BCUT2D eigenvalue weighted by atomic mass is 32.3. The summed E-state index contributed by atoms with van der Waals surface area (Å²) < 4.78 is 93.6. The van der Waals surface area contributed by atoms with Crippen LogP contribution in [0.5, 0.6) is 0 Å². The zero-order valence-electron chi connectivity index (χ0n) is 27.3. The molecule has 0 saturated carbocycles. The van der Waals surface area contributed by atoms with Crippen LogP contribution in [0.2, 0.25) is 0 Å². The topological polar surface area (TPSA) is 125 Å². The first-order chi connectivity index (χ1) is 22.7. The van der Waals surface area contributed by atoms with Crippen LogP contribution in [0.1, 0.15) is 64.7 Å². The first kappa shape index (κ1) is 40.0. The Balaban J connectivity index is 1.17. The van der Waals surface area contributed by atoms with E-state index in [1.165, 1.54) is 18.8 Å². The van der Waals surface area contributed by atoms with Crippen molar-refractivity contribution < 1.29 is 40.7 Å². The number of aromatic nitrogens is 4. The van der Waals surface area contributed by atoms with Gasteiger partial charge in [0.1, 0.15) is 18.2 Å². The largest absolute Gasteiger partial charge is 0.382 e. The van der Waals surface area contributed by atoms with E-state index in [2.05, 4.69) is 26.1 Å². The van der Waals surface area contributed by atoms with Gasteiger partial charge in [-0.1, -0.05) is 49.7 Å². The lowest BCUT2D eigenvalue weighted by Gasteiger charge is -2.26. The molecule has 48 heavy (non-hydrogen) atoms. The van der Waals surface area contributed by atoms with Crippen LogP contribution >= 0.6 is 29.4 Å². The van der Waals surface area contributed by atoms with Crippen LogP contribution < -0.4 is 5.73 Å². The number of anilines is 1. The zero-order chi connectivity index (χ0) is 35.3. The van der Waals surface area contributed by atoms with Crippen molar-refractivity contribution in [3.8, 4) is 11.2 Å². The summed E-state index contributed by atoms with van der Waals surface area (Å²) in [6.45, 7) is 2.29. The Morgan fingerprint density at radius 2 is 1.54 bits per heavy atom. The number of benzene rings is 1. The van der Waals surface area contributed by atoms with Crippen molar-refractivity contribution in [1.29, 1.82) is 0 Å². The van der Waals surface area contributed by atoms with Gasteiger partial charge in [0, 0.05) is 12.2 Å². The molecule has 2 heterocycles. The Hall–Kier alpha value is -2.41. The molecule has 3 rings (SSSR count). The minimum atomic E-state index is -3.88. The number of nitrogens with two attached hydrogens (primary N) is 1. The molecule has 2 atom stereocenters. The zero-order valence-corrected chi connectivity index (χ0v) is 29.9. The number of imidazole rings is 1. The highest BCUT2D eigenvalue weighted by Gasteiger charge is 2.31. The van der Waals surface area contributed by atoms with Crippen LogP contribution in [-0.4, -0.2) is 67.5 Å². The number of fused-ring (bicyclic) bond motifs is 1. The third-order valence-electron chi connectivity index (χ3n) is 7.27. The van der Waals surface area contributed by atoms with E-state index >= 15 is 0 Å². The summed E-state index contributed by atoms with van der Waals surface area (Å²) >= 11 is 1.67. The van der Waals surface area contributed by atoms with E-state index in [4.69, 9.17) is 15.0 Å². The number of hydrogen-bond donors (Lipinski definition) is 2. The summed E-state index contributed by atoms with van der Waals surface area (Å²) in [5, 5.41) is 2.75. The second-order valence-corrected chi connectivity index (χ2v) is 17.9. The highest BCUT2D eigenvalue weighted by Crippen LogP contribution is 2.51. The van der Waals surface area contributed by atoms with E-state index in [1.807, 2.05) is 0 Å². The average molecular weight is 740 g/mol. The van der Waals surface area contributed by atoms with Gasteiger partial charge < -0.3 is 24.5 Å². The van der Waals surface area contributed by atoms with Gasteiger partial charge in [0.2, 0.25) is 5.82 Å². The smallest absolute Gasteiger partial charge is 0.353 e. The van der Waals surface area contributed by atoms with Gasteiger partial charge in [-0.3, -0.25) is 4.57 Å². The Bertz CT molecular complexity index is 1590. The van der Waals surface area contributed by atoms with E-state index in [9.17, 15) is 31.4 Å². The predicted molar refractivity (Wildman–Crippen MR) is 182 cm³/mol. The molecule has 0 radical (unpaired) electrons. The number of hydrogen-bond acceptors (Lipinski definition) is 8. The van der Waals surface area contributed by atoms with Crippen LogP contribution in [0.4, 0.5) is 27.8 Å². The first-order valence-electron chi connectivity index (χ1n) is 15.6. The van der Waals surface area contributed by atoms with Crippen molar-refractivity contribution >= 4 is 46.4 Å². The van der Waals surface area contributed by atoms with Crippen molar-refractivity contribution in [3.63, 3.8) is 0 Å². The first-order valence-corrected chi connectivity index (χ1v) is 20.9. The molecule has 1 aromatic carbocycles. The second kappa shape index (κ2) is 19.1. The van der Waals surface area contributed by atoms with Gasteiger partial charge in [0.05, 0.1) is 30.5 Å². The molecule has 17 heteroatoms. The van der Waals surface area contributed by atoms with Gasteiger partial charge in [0.25, 0.3) is 0 Å². The highest BCUT2D eigenvalue weighted by molar-refractivity contribution is 8.36. The third kappa shape index (κ3) is 11.9. The molecular weight excluding hydrogens is 696 g/mol. The van der Waals surface area contributed by atoms with Gasteiger partial charge >= 0.3 is 7.60 Å². The SMILES string of the molecule is C[C@H](Cn1cnc2c(N)ncnc21)OCP(=O)(O)OCCSCCCCCCCCCCC#CS(C)(C)c1c(F)c(F)c(F)c(F)c1F. The summed E-state index contributed by atoms with van der Waals surface area (Å²) in [6.07, 6.45) is 13.6. The Morgan fingerprint density at radius 1 is 0.938 bits per heavy atom. The van der Waals surface area contributed by atoms with Crippen LogP contribution in [0.25, 0.3) is 11.2 Å². The van der Waals surface area contributed by atoms with Crippen LogP contribution in [0.3, 0.4) is 0 Å². The van der Waals surface area contributed by atoms with Crippen molar-refractivity contribution in [2.24, 2.45) is 0 Å². The average Bonchev–Trinajstić information content (AvgIpc) is 3.45. The Labute approximate surface area is 283 Å². The number of halogens is 5. The van der Waals surface area contributed by atoms with E-state index in [0.717, 1.165) is 57.1 Å². The number of nitrogen functional groups attached to an aromatic ring is 1. The van der Waals surface area contributed by atoms with Crippen molar-refractivity contribution in [3.05, 3.63) is 41.7 Å². The van der Waals surface area contributed by atoms with Gasteiger partial charge in [-0.15, -0.1) is 0 Å². The van der Waals surface area contributed by atoms with Crippen molar-refractivity contribution in [1.82, 2.24) is 19.5 Å². The van der Waals surface area contributed by atoms with Gasteiger partial charge in [-0.25, -0.2) is 36.9 Å². The molecule has 0 aliphatic heterocycles. The molecule has 0 aliphatic carbocycles. The lowest BCUT2D eigenvalue weighted by atomic mass is 10.1. The Morgan fingerprint density at radius 3 is 2.21 bits per heavy atom. The fourth-order valence-corrected chi connectivity index (χ4v) is 8.23. The van der Waals surface area contributed by atoms with E-state index < -0.39 is 64.1 Å². The molecule has 3 aromatic rings. The molecule has 0 aliphatic rings. The maximum Gasteiger partial charge on any atom is 0.353 e. The molecule has 0 fully saturated rings. The minimum absolute atomic E-state index is 0.152. The second-order valence-electron chi connectivity index (χ2n) is 11.6. The van der Waals surface area contributed by atoms with Crippen LogP contribution in [0, 0.1) is 40.3 Å². The van der Waals surface area contributed by atoms with E-state index in [1.54, 1.807) is 29.6 Å². The molecular formula is C31H43F5N5O4PS2. The van der Waals surface area contributed by atoms with Crippen molar-refractivity contribution in [2.45, 2.75) is 82.3 Å². The van der Waals surface area contributed by atoms with Gasteiger partial charge in [-0.2, -0.15) is 21.8 Å². The molecule has 0 saturated heterocycles. The molecule has 268 valence electrons. The minimum Gasteiger partial charge on any atom is -0.382 e. The Kier molecular flexibility index (Phi) is 15.9. The standard InChI is InChI=1S/C31H43F5N5O4PS2/c1-22(18-41-20-40-28-30(37)38-19-39-31(28)41)44-21-46(42,43)45-14-16-47-15-12-10-8-6-4-5-7-9-11-13-17-48(2,3)29-26(35)24(33)23(32)25(34)27(29)36/h19-20,22H,4-12,14-16,18,21H2,1-3H3,(H,42,43)(H2,37,38,39)/t22-/m1/s1. The quantitative estimate of drug-likeness (QED) is 0.0296. The van der Waals surface area contributed by atoms with Gasteiger partial charge in [-0.05, 0) is 38.0 Å². The number of thioether (sulfide) groups is 1. The molecule has 0 bridgehead atoms. The van der Waals surface area contributed by atoms with Gasteiger partial charge in [0.15, 0.2) is 34.7 Å². The fraction of sp³-hybridized carbons (Fsp3) is 0.581. The summed E-state index contributed by atoms with van der Waals surface area (Å²) in [6, 6.07) is 0. The number of unbranched alkanes of at least 4 members (excludes halogenated alkanes) is 8. The number of nitrogens with zero attached hydrogens (tertiary/aromatic N) is 4. The maximum absolute atomic E-state index is 14.2.